The van der Waals surface area contributed by atoms with E-state index >= 15 is 0 Å². The molecule has 1 aliphatic rings. The second kappa shape index (κ2) is 6.58. The summed E-state index contributed by atoms with van der Waals surface area (Å²) in [6.07, 6.45) is -0.739. The lowest BCUT2D eigenvalue weighted by molar-refractivity contribution is -0.159. The number of carboxylic acid groups (broad SMARTS) is 1. The molecule has 0 aromatic rings. The van der Waals surface area contributed by atoms with Crippen molar-refractivity contribution in [3.8, 4) is 0 Å². The van der Waals surface area contributed by atoms with E-state index in [1.54, 1.807) is 0 Å². The summed E-state index contributed by atoms with van der Waals surface area (Å²) in [5, 5.41) is 10.6. The maximum absolute atomic E-state index is 12.1. The van der Waals surface area contributed by atoms with Crippen LogP contribution in [0.1, 0.15) is 38.5 Å². The number of carboxylic acids is 1. The molecule has 0 saturated heterocycles. The summed E-state index contributed by atoms with van der Waals surface area (Å²) in [5.74, 6) is -2.35. The highest BCUT2D eigenvalue weighted by atomic mass is 19.4. The topological polar surface area (TPSA) is 66.4 Å². The Labute approximate surface area is 108 Å². The van der Waals surface area contributed by atoms with E-state index in [4.69, 9.17) is 5.11 Å². The van der Waals surface area contributed by atoms with Gasteiger partial charge in [0.1, 0.15) is 6.04 Å². The van der Waals surface area contributed by atoms with Gasteiger partial charge in [-0.05, 0) is 25.7 Å². The van der Waals surface area contributed by atoms with Gasteiger partial charge in [-0.1, -0.05) is 11.6 Å². The van der Waals surface area contributed by atoms with Crippen LogP contribution in [0.3, 0.4) is 0 Å². The van der Waals surface area contributed by atoms with Crippen LogP contribution in [-0.2, 0) is 9.59 Å². The molecule has 0 aliphatic heterocycles. The lowest BCUT2D eigenvalue weighted by atomic mass is 9.97. The molecule has 19 heavy (non-hydrogen) atoms. The number of rotatable bonds is 5. The van der Waals surface area contributed by atoms with Crippen LogP contribution in [0.15, 0.2) is 11.6 Å². The summed E-state index contributed by atoms with van der Waals surface area (Å²) in [7, 11) is 0. The maximum atomic E-state index is 12.1. The molecule has 0 radical (unpaired) electrons. The molecule has 0 bridgehead atoms. The molecular formula is C12H16F3NO3. The van der Waals surface area contributed by atoms with Gasteiger partial charge < -0.3 is 10.4 Å². The van der Waals surface area contributed by atoms with Crippen LogP contribution in [0.2, 0.25) is 0 Å². The molecule has 1 rings (SSSR count). The monoisotopic (exact) mass is 279 g/mol. The average molecular weight is 279 g/mol. The first kappa shape index (κ1) is 15.5. The van der Waals surface area contributed by atoms with Crippen molar-refractivity contribution in [1.29, 1.82) is 0 Å². The smallest absolute Gasteiger partial charge is 0.391 e. The van der Waals surface area contributed by atoms with Gasteiger partial charge in [0.15, 0.2) is 0 Å². The Morgan fingerprint density at radius 3 is 2.53 bits per heavy atom. The summed E-state index contributed by atoms with van der Waals surface area (Å²) in [4.78, 5) is 22.2. The highest BCUT2D eigenvalue weighted by Crippen LogP contribution is 2.23. The van der Waals surface area contributed by atoms with Crippen molar-refractivity contribution < 1.29 is 27.9 Å². The van der Waals surface area contributed by atoms with Gasteiger partial charge in [-0.3, -0.25) is 4.79 Å². The first-order valence-electron chi connectivity index (χ1n) is 6.05. The van der Waals surface area contributed by atoms with Crippen LogP contribution in [-0.4, -0.2) is 29.2 Å². The lowest BCUT2D eigenvalue weighted by Gasteiger charge is -2.17. The molecule has 0 spiro atoms. The summed E-state index contributed by atoms with van der Waals surface area (Å²) < 4.78 is 36.4. The summed E-state index contributed by atoms with van der Waals surface area (Å²) in [5.41, 5.74) is 0.861. The third kappa shape index (κ3) is 6.26. The summed E-state index contributed by atoms with van der Waals surface area (Å²) >= 11 is 0. The molecule has 0 aromatic heterocycles. The third-order valence-corrected chi connectivity index (χ3v) is 2.84. The minimum atomic E-state index is -4.62. The van der Waals surface area contributed by atoms with Crippen LogP contribution in [0.25, 0.3) is 0 Å². The first-order valence-corrected chi connectivity index (χ1v) is 6.05. The van der Waals surface area contributed by atoms with E-state index in [9.17, 15) is 22.8 Å². The molecule has 0 fully saturated rings. The standard InChI is InChI=1S/C12H16F3NO3/c13-12(14,15)7-9(11(18)19)16-10(17)6-8-4-2-1-3-5-8/h4,9H,1-3,5-7H2,(H,16,17)(H,18,19). The molecule has 108 valence electrons. The van der Waals surface area contributed by atoms with Crippen molar-refractivity contribution in [3.05, 3.63) is 11.6 Å². The van der Waals surface area contributed by atoms with Crippen molar-refractivity contribution in [2.75, 3.05) is 0 Å². The molecule has 1 aliphatic carbocycles. The summed E-state index contributed by atoms with van der Waals surface area (Å²) in [6, 6.07) is -1.92. The van der Waals surface area contributed by atoms with E-state index in [1.165, 1.54) is 0 Å². The van der Waals surface area contributed by atoms with Gasteiger partial charge in [-0.25, -0.2) is 4.79 Å². The van der Waals surface area contributed by atoms with E-state index in [0.29, 0.717) is 0 Å². The highest BCUT2D eigenvalue weighted by molar-refractivity contribution is 5.84. The molecular weight excluding hydrogens is 263 g/mol. The molecule has 0 saturated carbocycles. The second-order valence-electron chi connectivity index (χ2n) is 4.56. The SMILES string of the molecule is O=C(CC1=CCCCC1)NC(CC(F)(F)F)C(=O)O. The number of hydrogen-bond acceptors (Lipinski definition) is 2. The number of amides is 1. The normalized spacial score (nSPS) is 17.5. The van der Waals surface area contributed by atoms with E-state index in [-0.39, 0.29) is 6.42 Å². The van der Waals surface area contributed by atoms with Gasteiger partial charge in [-0.15, -0.1) is 0 Å². The Bertz CT molecular complexity index is 377. The molecule has 1 atom stereocenters. The van der Waals surface area contributed by atoms with E-state index in [0.717, 1.165) is 31.3 Å². The Balaban J connectivity index is 2.51. The molecule has 0 heterocycles. The van der Waals surface area contributed by atoms with Gasteiger partial charge in [0.2, 0.25) is 5.91 Å². The fourth-order valence-electron chi connectivity index (χ4n) is 1.95. The number of nitrogens with one attached hydrogen (secondary N) is 1. The zero-order valence-corrected chi connectivity index (χ0v) is 10.3. The summed E-state index contributed by atoms with van der Waals surface area (Å²) in [6.45, 7) is 0. The van der Waals surface area contributed by atoms with Crippen molar-refractivity contribution in [1.82, 2.24) is 5.32 Å². The predicted octanol–water partition coefficient (Wildman–Crippen LogP) is 2.40. The van der Waals surface area contributed by atoms with Gasteiger partial charge in [0.05, 0.1) is 6.42 Å². The lowest BCUT2D eigenvalue weighted by Crippen LogP contribution is -2.43. The quantitative estimate of drug-likeness (QED) is 0.759. The number of carbonyl (C=O) groups excluding carboxylic acids is 1. The van der Waals surface area contributed by atoms with Crippen LogP contribution in [0.5, 0.6) is 0 Å². The largest absolute Gasteiger partial charge is 0.480 e. The molecule has 7 heteroatoms. The zero-order valence-electron chi connectivity index (χ0n) is 10.3. The minimum absolute atomic E-state index is 0.0262. The average Bonchev–Trinajstić information content (AvgIpc) is 2.27. The second-order valence-corrected chi connectivity index (χ2v) is 4.56. The van der Waals surface area contributed by atoms with Crippen LogP contribution in [0, 0.1) is 0 Å². The first-order chi connectivity index (χ1) is 8.78. The fourth-order valence-corrected chi connectivity index (χ4v) is 1.95. The van der Waals surface area contributed by atoms with Crippen LogP contribution >= 0.6 is 0 Å². The number of aliphatic carboxylic acids is 1. The third-order valence-electron chi connectivity index (χ3n) is 2.84. The Morgan fingerprint density at radius 1 is 1.37 bits per heavy atom. The number of carbonyl (C=O) groups is 2. The Morgan fingerprint density at radius 2 is 2.05 bits per heavy atom. The van der Waals surface area contributed by atoms with Crippen LogP contribution < -0.4 is 5.32 Å². The van der Waals surface area contributed by atoms with Gasteiger partial charge in [-0.2, -0.15) is 13.2 Å². The number of allylic oxidation sites excluding steroid dienone is 1. The molecule has 4 nitrogen and oxygen atoms in total. The Kier molecular flexibility index (Phi) is 5.38. The minimum Gasteiger partial charge on any atom is -0.480 e. The van der Waals surface area contributed by atoms with Crippen molar-refractivity contribution in [2.45, 2.75) is 50.7 Å². The van der Waals surface area contributed by atoms with E-state index in [2.05, 4.69) is 0 Å². The zero-order chi connectivity index (χ0) is 14.5. The Hall–Kier alpha value is -1.53. The van der Waals surface area contributed by atoms with E-state index in [1.807, 2.05) is 11.4 Å². The maximum Gasteiger partial charge on any atom is 0.391 e. The fraction of sp³-hybridized carbons (Fsp3) is 0.667. The van der Waals surface area contributed by atoms with Crippen LogP contribution in [0.4, 0.5) is 13.2 Å². The van der Waals surface area contributed by atoms with E-state index < -0.39 is 30.5 Å². The molecule has 2 N–H and O–H groups in total. The number of hydrogen-bond donors (Lipinski definition) is 2. The molecule has 1 amide bonds. The number of alkyl halides is 3. The molecule has 0 aromatic carbocycles. The van der Waals surface area contributed by atoms with Crippen molar-refractivity contribution in [3.63, 3.8) is 0 Å². The predicted molar refractivity (Wildman–Crippen MR) is 61.4 cm³/mol. The van der Waals surface area contributed by atoms with Crippen molar-refractivity contribution >= 4 is 11.9 Å². The van der Waals surface area contributed by atoms with Crippen molar-refractivity contribution in [2.24, 2.45) is 0 Å². The number of halogens is 3. The van der Waals surface area contributed by atoms with Gasteiger partial charge in [0.25, 0.3) is 0 Å². The molecule has 1 unspecified atom stereocenters. The highest BCUT2D eigenvalue weighted by Gasteiger charge is 2.36. The van der Waals surface area contributed by atoms with Gasteiger partial charge >= 0.3 is 12.1 Å². The van der Waals surface area contributed by atoms with Gasteiger partial charge in [0, 0.05) is 6.42 Å².